The topological polar surface area (TPSA) is 46.2 Å². The first-order valence-corrected chi connectivity index (χ1v) is 4.32. The third kappa shape index (κ3) is 2.27. The Balaban J connectivity index is 3.01. The van der Waals surface area contributed by atoms with E-state index in [0.29, 0.717) is 12.0 Å². The molecular formula is C10H13F2NO. The van der Waals surface area contributed by atoms with Gasteiger partial charge in [0.15, 0.2) is 11.6 Å². The Kier molecular flexibility index (Phi) is 3.18. The van der Waals surface area contributed by atoms with Crippen LogP contribution in [0.5, 0.6) is 0 Å². The average molecular weight is 201 g/mol. The van der Waals surface area contributed by atoms with Crippen molar-refractivity contribution in [3.8, 4) is 0 Å². The summed E-state index contributed by atoms with van der Waals surface area (Å²) < 4.78 is 25.5. The summed E-state index contributed by atoms with van der Waals surface area (Å²) in [5.74, 6) is -1.81. The molecule has 1 atom stereocenters. The molecule has 0 spiro atoms. The number of hydrogen-bond donors (Lipinski definition) is 2. The lowest BCUT2D eigenvalue weighted by Gasteiger charge is -2.24. The summed E-state index contributed by atoms with van der Waals surface area (Å²) in [6.07, 6.45) is 0.304. The van der Waals surface area contributed by atoms with Crippen LogP contribution in [0.15, 0.2) is 18.2 Å². The molecule has 78 valence electrons. The van der Waals surface area contributed by atoms with E-state index in [4.69, 9.17) is 10.8 Å². The van der Waals surface area contributed by atoms with Gasteiger partial charge in [0.2, 0.25) is 0 Å². The number of rotatable bonds is 3. The molecule has 1 unspecified atom stereocenters. The molecule has 0 fully saturated rings. The number of benzene rings is 1. The van der Waals surface area contributed by atoms with Crippen LogP contribution in [0.3, 0.4) is 0 Å². The Labute approximate surface area is 81.4 Å². The lowest BCUT2D eigenvalue weighted by atomic mass is 9.90. The van der Waals surface area contributed by atoms with Crippen LogP contribution < -0.4 is 5.73 Å². The molecule has 2 nitrogen and oxygen atoms in total. The van der Waals surface area contributed by atoms with Crippen molar-refractivity contribution in [3.63, 3.8) is 0 Å². The van der Waals surface area contributed by atoms with Crippen LogP contribution in [0.1, 0.15) is 18.9 Å². The first-order chi connectivity index (χ1) is 6.47. The van der Waals surface area contributed by atoms with Gasteiger partial charge in [0, 0.05) is 12.1 Å². The highest BCUT2D eigenvalue weighted by Gasteiger charge is 2.21. The lowest BCUT2D eigenvalue weighted by molar-refractivity contribution is 0.247. The lowest BCUT2D eigenvalue weighted by Crippen LogP contribution is -2.34. The number of aliphatic hydroxyl groups excluding tert-OH is 1. The maximum absolute atomic E-state index is 12.9. The summed E-state index contributed by atoms with van der Waals surface area (Å²) in [5.41, 5.74) is 5.47. The SMILES string of the molecule is CC(N)(CCO)c1ccc(F)c(F)c1. The molecule has 1 rings (SSSR count). The van der Waals surface area contributed by atoms with E-state index < -0.39 is 17.2 Å². The minimum Gasteiger partial charge on any atom is -0.396 e. The predicted octanol–water partition coefficient (Wildman–Crippen LogP) is 1.52. The fraction of sp³-hybridized carbons (Fsp3) is 0.400. The van der Waals surface area contributed by atoms with Crippen molar-refractivity contribution in [2.75, 3.05) is 6.61 Å². The Morgan fingerprint density at radius 1 is 1.36 bits per heavy atom. The summed E-state index contributed by atoms with van der Waals surface area (Å²) >= 11 is 0. The molecule has 0 aliphatic rings. The van der Waals surface area contributed by atoms with Gasteiger partial charge in [-0.25, -0.2) is 8.78 Å². The second kappa shape index (κ2) is 4.02. The first-order valence-electron chi connectivity index (χ1n) is 4.32. The van der Waals surface area contributed by atoms with E-state index in [9.17, 15) is 8.78 Å². The predicted molar refractivity (Wildman–Crippen MR) is 49.6 cm³/mol. The van der Waals surface area contributed by atoms with Gasteiger partial charge in [0.05, 0.1) is 0 Å². The van der Waals surface area contributed by atoms with Crippen molar-refractivity contribution < 1.29 is 13.9 Å². The number of nitrogens with two attached hydrogens (primary N) is 1. The van der Waals surface area contributed by atoms with Gasteiger partial charge < -0.3 is 10.8 Å². The third-order valence-corrected chi connectivity index (χ3v) is 2.21. The van der Waals surface area contributed by atoms with Gasteiger partial charge in [-0.05, 0) is 31.0 Å². The van der Waals surface area contributed by atoms with E-state index in [1.54, 1.807) is 6.92 Å². The van der Waals surface area contributed by atoms with E-state index in [0.717, 1.165) is 12.1 Å². The number of halogens is 2. The minimum atomic E-state index is -0.919. The number of aliphatic hydroxyl groups is 1. The van der Waals surface area contributed by atoms with Crippen molar-refractivity contribution in [1.82, 2.24) is 0 Å². The molecule has 3 N–H and O–H groups in total. The van der Waals surface area contributed by atoms with Crippen molar-refractivity contribution in [2.24, 2.45) is 5.73 Å². The smallest absolute Gasteiger partial charge is 0.159 e. The highest BCUT2D eigenvalue weighted by molar-refractivity contribution is 5.24. The molecule has 1 aromatic carbocycles. The van der Waals surface area contributed by atoms with E-state index >= 15 is 0 Å². The molecule has 0 aliphatic heterocycles. The Morgan fingerprint density at radius 3 is 2.50 bits per heavy atom. The monoisotopic (exact) mass is 201 g/mol. The summed E-state index contributed by atoms with van der Waals surface area (Å²) in [7, 11) is 0. The third-order valence-electron chi connectivity index (χ3n) is 2.21. The summed E-state index contributed by atoms with van der Waals surface area (Å²) in [4.78, 5) is 0. The van der Waals surface area contributed by atoms with Crippen LogP contribution in [0.4, 0.5) is 8.78 Å². The van der Waals surface area contributed by atoms with E-state index in [1.165, 1.54) is 6.07 Å². The molecule has 0 saturated carbocycles. The van der Waals surface area contributed by atoms with Crippen molar-refractivity contribution in [2.45, 2.75) is 18.9 Å². The molecule has 0 heterocycles. The zero-order chi connectivity index (χ0) is 10.8. The Morgan fingerprint density at radius 2 is 2.00 bits per heavy atom. The molecule has 0 radical (unpaired) electrons. The van der Waals surface area contributed by atoms with Crippen molar-refractivity contribution in [3.05, 3.63) is 35.4 Å². The second-order valence-corrected chi connectivity index (χ2v) is 3.52. The molecular weight excluding hydrogens is 188 g/mol. The van der Waals surface area contributed by atoms with Gasteiger partial charge in [-0.2, -0.15) is 0 Å². The molecule has 4 heteroatoms. The van der Waals surface area contributed by atoms with Crippen LogP contribution in [-0.4, -0.2) is 11.7 Å². The summed E-state index contributed by atoms with van der Waals surface area (Å²) in [6, 6.07) is 3.52. The van der Waals surface area contributed by atoms with Crippen molar-refractivity contribution >= 4 is 0 Å². The molecule has 0 saturated heterocycles. The van der Waals surface area contributed by atoms with Gasteiger partial charge in [-0.15, -0.1) is 0 Å². The zero-order valence-electron chi connectivity index (χ0n) is 7.93. The summed E-state index contributed by atoms with van der Waals surface area (Å²) in [5, 5.41) is 8.74. The average Bonchev–Trinajstić information content (AvgIpc) is 2.09. The maximum Gasteiger partial charge on any atom is 0.159 e. The fourth-order valence-electron chi connectivity index (χ4n) is 1.23. The van der Waals surface area contributed by atoms with Gasteiger partial charge in [0.1, 0.15) is 0 Å². The van der Waals surface area contributed by atoms with Crippen LogP contribution in [0.2, 0.25) is 0 Å². The quantitative estimate of drug-likeness (QED) is 0.778. The Bertz CT molecular complexity index is 326. The van der Waals surface area contributed by atoms with Gasteiger partial charge in [0.25, 0.3) is 0 Å². The van der Waals surface area contributed by atoms with Crippen LogP contribution in [0, 0.1) is 11.6 Å². The molecule has 0 aliphatic carbocycles. The molecule has 14 heavy (non-hydrogen) atoms. The molecule has 0 aromatic heterocycles. The largest absolute Gasteiger partial charge is 0.396 e. The highest BCUT2D eigenvalue weighted by Crippen LogP contribution is 2.22. The Hall–Kier alpha value is -1.00. The maximum atomic E-state index is 12.9. The van der Waals surface area contributed by atoms with Crippen molar-refractivity contribution in [1.29, 1.82) is 0 Å². The van der Waals surface area contributed by atoms with Crippen LogP contribution in [0.25, 0.3) is 0 Å². The van der Waals surface area contributed by atoms with E-state index in [2.05, 4.69) is 0 Å². The van der Waals surface area contributed by atoms with Gasteiger partial charge in [-0.1, -0.05) is 6.07 Å². The second-order valence-electron chi connectivity index (χ2n) is 3.52. The normalized spacial score (nSPS) is 15.2. The van der Waals surface area contributed by atoms with E-state index in [-0.39, 0.29) is 6.61 Å². The standard InChI is InChI=1S/C10H13F2NO/c1-10(13,4-5-14)7-2-3-8(11)9(12)6-7/h2-3,6,14H,4-5,13H2,1H3. The van der Waals surface area contributed by atoms with Gasteiger partial charge in [-0.3, -0.25) is 0 Å². The number of hydrogen-bond acceptors (Lipinski definition) is 2. The molecule has 0 amide bonds. The van der Waals surface area contributed by atoms with Crippen LogP contribution in [-0.2, 0) is 5.54 Å². The van der Waals surface area contributed by atoms with E-state index in [1.807, 2.05) is 0 Å². The highest BCUT2D eigenvalue weighted by atomic mass is 19.2. The summed E-state index contributed by atoms with van der Waals surface area (Å²) in [6.45, 7) is 1.57. The first kappa shape index (κ1) is 11.1. The van der Waals surface area contributed by atoms with Gasteiger partial charge >= 0.3 is 0 Å². The fourth-order valence-corrected chi connectivity index (χ4v) is 1.23. The zero-order valence-corrected chi connectivity index (χ0v) is 7.93. The molecule has 0 bridgehead atoms. The minimum absolute atomic E-state index is 0.0913. The molecule has 1 aromatic rings. The van der Waals surface area contributed by atoms with Crippen LogP contribution >= 0.6 is 0 Å².